The van der Waals surface area contributed by atoms with Gasteiger partial charge in [0, 0.05) is 5.69 Å². The monoisotopic (exact) mass is 339 g/mol. The molecule has 0 aromatic heterocycles. The summed E-state index contributed by atoms with van der Waals surface area (Å²) in [5.74, 6) is 1.54. The number of ether oxygens (including phenoxy) is 1. The van der Waals surface area contributed by atoms with Crippen LogP contribution in [0, 0.1) is 0 Å². The summed E-state index contributed by atoms with van der Waals surface area (Å²) in [6.45, 7) is 0. The number of nitrogen functional groups attached to an aromatic ring is 1. The maximum Gasteiger partial charge on any atom is 0.141 e. The quantitative estimate of drug-likeness (QED) is 0.640. The summed E-state index contributed by atoms with van der Waals surface area (Å²) < 4.78 is 6.77. The van der Waals surface area contributed by atoms with E-state index in [0.717, 1.165) is 27.2 Å². The highest BCUT2D eigenvalue weighted by atomic mass is 79.9. The number of rotatable bonds is 3. The van der Waals surface area contributed by atoms with Gasteiger partial charge in [-0.3, -0.25) is 0 Å². The standard InChI is InChI=1S/C18H14BrNO/c19-17-12-14(13-4-2-1-3-5-13)6-11-18(17)21-16-9-7-15(20)8-10-16/h1-12H,20H2. The summed E-state index contributed by atoms with van der Waals surface area (Å²) in [5, 5.41) is 0. The second-order valence-corrected chi connectivity index (χ2v) is 5.54. The van der Waals surface area contributed by atoms with E-state index >= 15 is 0 Å². The third kappa shape index (κ3) is 3.26. The zero-order valence-corrected chi connectivity index (χ0v) is 12.9. The van der Waals surface area contributed by atoms with Crippen LogP contribution < -0.4 is 10.5 Å². The molecule has 3 aromatic carbocycles. The van der Waals surface area contributed by atoms with Gasteiger partial charge in [0.25, 0.3) is 0 Å². The molecule has 0 spiro atoms. The van der Waals surface area contributed by atoms with E-state index in [0.29, 0.717) is 0 Å². The number of benzene rings is 3. The maximum absolute atomic E-state index is 5.85. The zero-order chi connectivity index (χ0) is 14.7. The summed E-state index contributed by atoms with van der Waals surface area (Å²) in [4.78, 5) is 0. The fourth-order valence-electron chi connectivity index (χ4n) is 2.06. The Morgan fingerprint density at radius 1 is 0.762 bits per heavy atom. The van der Waals surface area contributed by atoms with Gasteiger partial charge in [0.2, 0.25) is 0 Å². The molecule has 0 bridgehead atoms. The average Bonchev–Trinajstić information content (AvgIpc) is 2.52. The van der Waals surface area contributed by atoms with Crippen LogP contribution in [-0.4, -0.2) is 0 Å². The van der Waals surface area contributed by atoms with Gasteiger partial charge in [-0.2, -0.15) is 0 Å². The van der Waals surface area contributed by atoms with Crippen LogP contribution in [0.3, 0.4) is 0 Å². The van der Waals surface area contributed by atoms with Gasteiger partial charge >= 0.3 is 0 Å². The number of nitrogens with two attached hydrogens (primary N) is 1. The summed E-state index contributed by atoms with van der Waals surface area (Å²) in [6, 6.07) is 23.7. The molecule has 0 saturated heterocycles. The van der Waals surface area contributed by atoms with Crippen LogP contribution in [0.25, 0.3) is 11.1 Å². The van der Waals surface area contributed by atoms with Crippen molar-refractivity contribution in [1.82, 2.24) is 0 Å². The maximum atomic E-state index is 5.85. The van der Waals surface area contributed by atoms with Crippen LogP contribution in [0.5, 0.6) is 11.5 Å². The predicted molar refractivity (Wildman–Crippen MR) is 90.5 cm³/mol. The molecule has 0 radical (unpaired) electrons. The second-order valence-electron chi connectivity index (χ2n) is 4.68. The number of anilines is 1. The number of hydrogen-bond donors (Lipinski definition) is 1. The van der Waals surface area contributed by atoms with E-state index in [4.69, 9.17) is 10.5 Å². The molecule has 0 atom stereocenters. The first-order chi connectivity index (χ1) is 10.2. The number of hydrogen-bond acceptors (Lipinski definition) is 2. The Labute approximate surface area is 132 Å². The van der Waals surface area contributed by atoms with E-state index < -0.39 is 0 Å². The lowest BCUT2D eigenvalue weighted by Gasteiger charge is -2.10. The van der Waals surface area contributed by atoms with Gasteiger partial charge < -0.3 is 10.5 Å². The molecule has 3 rings (SSSR count). The van der Waals surface area contributed by atoms with Crippen molar-refractivity contribution in [3.8, 4) is 22.6 Å². The van der Waals surface area contributed by atoms with Crippen molar-refractivity contribution in [1.29, 1.82) is 0 Å². The predicted octanol–water partition coefficient (Wildman–Crippen LogP) is 5.49. The van der Waals surface area contributed by atoms with Crippen LogP contribution in [0.1, 0.15) is 0 Å². The van der Waals surface area contributed by atoms with Crippen molar-refractivity contribution in [2.24, 2.45) is 0 Å². The van der Waals surface area contributed by atoms with Crippen molar-refractivity contribution in [3.63, 3.8) is 0 Å². The Kier molecular flexibility index (Phi) is 3.93. The van der Waals surface area contributed by atoms with Crippen LogP contribution >= 0.6 is 15.9 Å². The summed E-state index contributed by atoms with van der Waals surface area (Å²) in [6.07, 6.45) is 0. The average molecular weight is 340 g/mol. The Balaban J connectivity index is 1.86. The highest BCUT2D eigenvalue weighted by molar-refractivity contribution is 9.10. The number of halogens is 1. The van der Waals surface area contributed by atoms with Crippen LogP contribution in [0.15, 0.2) is 77.3 Å². The van der Waals surface area contributed by atoms with E-state index in [2.05, 4.69) is 34.1 Å². The normalized spacial score (nSPS) is 10.3. The molecule has 0 aliphatic rings. The second kappa shape index (κ2) is 6.02. The van der Waals surface area contributed by atoms with Crippen molar-refractivity contribution in [2.75, 3.05) is 5.73 Å². The molecule has 0 unspecified atom stereocenters. The minimum atomic E-state index is 0.723. The zero-order valence-electron chi connectivity index (χ0n) is 11.3. The summed E-state index contributed by atoms with van der Waals surface area (Å²) in [7, 11) is 0. The molecular weight excluding hydrogens is 326 g/mol. The first-order valence-electron chi connectivity index (χ1n) is 6.61. The molecule has 0 amide bonds. The van der Waals surface area contributed by atoms with Gasteiger partial charge in [-0.25, -0.2) is 0 Å². The highest BCUT2D eigenvalue weighted by Crippen LogP contribution is 2.33. The molecule has 0 aliphatic heterocycles. The van der Waals surface area contributed by atoms with E-state index in [1.807, 2.05) is 54.6 Å². The molecule has 2 N–H and O–H groups in total. The largest absolute Gasteiger partial charge is 0.456 e. The Morgan fingerprint density at radius 2 is 1.48 bits per heavy atom. The first-order valence-corrected chi connectivity index (χ1v) is 7.40. The fraction of sp³-hybridized carbons (Fsp3) is 0. The van der Waals surface area contributed by atoms with Gasteiger partial charge in [0.15, 0.2) is 0 Å². The van der Waals surface area contributed by atoms with E-state index in [1.165, 1.54) is 5.56 Å². The highest BCUT2D eigenvalue weighted by Gasteiger charge is 2.05. The Bertz CT molecular complexity index is 739. The van der Waals surface area contributed by atoms with E-state index in [-0.39, 0.29) is 0 Å². The van der Waals surface area contributed by atoms with Crippen molar-refractivity contribution < 1.29 is 4.74 Å². The SMILES string of the molecule is Nc1ccc(Oc2ccc(-c3ccccc3)cc2Br)cc1. The molecule has 2 nitrogen and oxygen atoms in total. The minimum Gasteiger partial charge on any atom is -0.456 e. The molecule has 3 heteroatoms. The van der Waals surface area contributed by atoms with Gasteiger partial charge in [-0.1, -0.05) is 36.4 Å². The van der Waals surface area contributed by atoms with Gasteiger partial charge in [0.05, 0.1) is 4.47 Å². The molecule has 21 heavy (non-hydrogen) atoms. The van der Waals surface area contributed by atoms with Crippen molar-refractivity contribution in [2.45, 2.75) is 0 Å². The first kappa shape index (κ1) is 13.7. The molecule has 104 valence electrons. The Morgan fingerprint density at radius 3 is 2.14 bits per heavy atom. The fourth-order valence-corrected chi connectivity index (χ4v) is 2.52. The molecule has 3 aromatic rings. The third-order valence-electron chi connectivity index (χ3n) is 3.15. The lowest BCUT2D eigenvalue weighted by atomic mass is 10.1. The minimum absolute atomic E-state index is 0.723. The molecular formula is C18H14BrNO. The lowest BCUT2D eigenvalue weighted by molar-refractivity contribution is 0.480. The lowest BCUT2D eigenvalue weighted by Crippen LogP contribution is -1.88. The third-order valence-corrected chi connectivity index (χ3v) is 3.77. The molecule has 0 aliphatic carbocycles. The van der Waals surface area contributed by atoms with Gasteiger partial charge in [-0.15, -0.1) is 0 Å². The van der Waals surface area contributed by atoms with Crippen molar-refractivity contribution in [3.05, 3.63) is 77.3 Å². The topological polar surface area (TPSA) is 35.2 Å². The van der Waals surface area contributed by atoms with E-state index in [1.54, 1.807) is 0 Å². The van der Waals surface area contributed by atoms with Crippen LogP contribution in [-0.2, 0) is 0 Å². The smallest absolute Gasteiger partial charge is 0.141 e. The Hall–Kier alpha value is -2.26. The van der Waals surface area contributed by atoms with Crippen LogP contribution in [0.2, 0.25) is 0 Å². The van der Waals surface area contributed by atoms with Crippen molar-refractivity contribution >= 4 is 21.6 Å². The molecule has 0 saturated carbocycles. The summed E-state index contributed by atoms with van der Waals surface area (Å²) >= 11 is 3.57. The summed E-state index contributed by atoms with van der Waals surface area (Å²) in [5.41, 5.74) is 8.72. The molecule has 0 heterocycles. The van der Waals surface area contributed by atoms with Gasteiger partial charge in [0.1, 0.15) is 11.5 Å². The molecule has 0 fully saturated rings. The van der Waals surface area contributed by atoms with E-state index in [9.17, 15) is 0 Å². The van der Waals surface area contributed by atoms with Crippen LogP contribution in [0.4, 0.5) is 5.69 Å². The van der Waals surface area contributed by atoms with Gasteiger partial charge in [-0.05, 0) is 63.5 Å².